The van der Waals surface area contributed by atoms with Crippen molar-refractivity contribution >= 4 is 46.3 Å². The van der Waals surface area contributed by atoms with Crippen molar-refractivity contribution < 1.29 is 0 Å². The molecule has 0 amide bonds. The minimum atomic E-state index is -0.122. The zero-order valence-corrected chi connectivity index (χ0v) is 37.2. The molecule has 298 valence electrons. The molecule has 5 aliphatic rings. The largest absolute Gasteiger partial charge is 0.334 e. The second kappa shape index (κ2) is 13.3. The summed E-state index contributed by atoms with van der Waals surface area (Å²) in [7, 11) is 0. The van der Waals surface area contributed by atoms with Gasteiger partial charge in [0.25, 0.3) is 0 Å². The van der Waals surface area contributed by atoms with Crippen molar-refractivity contribution in [1.29, 1.82) is 0 Å². The molecule has 0 N–H and O–H groups in total. The fourth-order valence-corrected chi connectivity index (χ4v) is 15.8. The number of para-hydroxylation sites is 2. The Bertz CT molecular complexity index is 2450. The number of rotatable bonds is 6. The lowest BCUT2D eigenvalue weighted by Crippen LogP contribution is -2.54. The van der Waals surface area contributed by atoms with Crippen LogP contribution in [0.3, 0.4) is 0 Å². The van der Waals surface area contributed by atoms with Crippen LogP contribution in [0.2, 0.25) is 0 Å². The molecule has 11 rings (SSSR count). The Morgan fingerprint density at radius 2 is 0.763 bits per heavy atom. The van der Waals surface area contributed by atoms with Gasteiger partial charge in [-0.3, -0.25) is 0 Å². The molecule has 2 fully saturated rings. The first-order valence-corrected chi connectivity index (χ1v) is 24.5. The molecule has 6 aromatic carbocycles. The Morgan fingerprint density at radius 1 is 0.407 bits per heavy atom. The minimum absolute atomic E-state index is 0.0262. The highest BCUT2D eigenvalue weighted by Gasteiger charge is 2.61. The molecule has 4 atom stereocenters. The van der Waals surface area contributed by atoms with Gasteiger partial charge in [0, 0.05) is 28.2 Å². The van der Waals surface area contributed by atoms with E-state index >= 15 is 0 Å². The number of anilines is 4. The number of thioether (sulfide) groups is 2. The van der Waals surface area contributed by atoms with Gasteiger partial charge in [-0.1, -0.05) is 112 Å². The molecule has 2 saturated carbocycles. The van der Waals surface area contributed by atoms with Crippen molar-refractivity contribution in [2.24, 2.45) is 0 Å². The molecule has 4 heteroatoms. The maximum Gasteiger partial charge on any atom is 0.0658 e. The van der Waals surface area contributed by atoms with Gasteiger partial charge in [-0.15, -0.1) is 0 Å². The molecule has 6 aromatic rings. The Morgan fingerprint density at radius 3 is 1.15 bits per heavy atom. The lowest BCUT2D eigenvalue weighted by Gasteiger charge is -2.51. The molecule has 0 spiro atoms. The SMILES string of the molecule is CSC12CCCCC1(C)N(c1ccccc1)c1ccc(-c3ccc4c(c3)C(C)(C)c3cc(-c5ccc6c(c5)C5(SC)CCCCC5(C)N6c5ccccc5)ccc3-4)cc12. The lowest BCUT2D eigenvalue weighted by molar-refractivity contribution is 0.262. The van der Waals surface area contributed by atoms with Crippen molar-refractivity contribution in [2.45, 2.75) is 105 Å². The van der Waals surface area contributed by atoms with Crippen LogP contribution in [-0.2, 0) is 14.9 Å². The van der Waals surface area contributed by atoms with Crippen LogP contribution >= 0.6 is 23.5 Å². The Hall–Kier alpha value is -4.38. The lowest BCUT2D eigenvalue weighted by atomic mass is 9.71. The Labute approximate surface area is 360 Å². The topological polar surface area (TPSA) is 6.48 Å². The number of hydrogen-bond acceptors (Lipinski definition) is 4. The summed E-state index contributed by atoms with van der Waals surface area (Å²) in [5.41, 5.74) is 19.3. The third-order valence-corrected chi connectivity index (χ3v) is 19.1. The summed E-state index contributed by atoms with van der Waals surface area (Å²) in [6.07, 6.45) is 14.7. The molecule has 2 nitrogen and oxygen atoms in total. The van der Waals surface area contributed by atoms with Gasteiger partial charge in [0.1, 0.15) is 0 Å². The quantitative estimate of drug-likeness (QED) is 0.165. The van der Waals surface area contributed by atoms with E-state index in [-0.39, 0.29) is 26.0 Å². The van der Waals surface area contributed by atoms with E-state index in [1.807, 2.05) is 0 Å². The van der Waals surface area contributed by atoms with E-state index in [2.05, 4.69) is 207 Å². The summed E-state index contributed by atoms with van der Waals surface area (Å²) in [4.78, 5) is 5.38. The Balaban J connectivity index is 0.971. The number of benzene rings is 6. The average Bonchev–Trinajstić information content (AvgIpc) is 3.75. The molecule has 0 aromatic heterocycles. The van der Waals surface area contributed by atoms with E-state index < -0.39 is 0 Å². The third-order valence-electron chi connectivity index (χ3n) is 16.0. The highest BCUT2D eigenvalue weighted by Crippen LogP contribution is 2.67. The van der Waals surface area contributed by atoms with Crippen LogP contribution in [0.1, 0.15) is 101 Å². The van der Waals surface area contributed by atoms with Gasteiger partial charge in [0.05, 0.1) is 20.6 Å². The van der Waals surface area contributed by atoms with Gasteiger partial charge < -0.3 is 9.80 Å². The van der Waals surface area contributed by atoms with Crippen molar-refractivity contribution in [2.75, 3.05) is 22.3 Å². The summed E-state index contributed by atoms with van der Waals surface area (Å²) in [5.74, 6) is 0. The fourth-order valence-electron chi connectivity index (χ4n) is 13.0. The summed E-state index contributed by atoms with van der Waals surface area (Å²) in [5, 5.41) is 0. The Kier molecular flexibility index (Phi) is 8.48. The molecule has 3 aliphatic carbocycles. The zero-order chi connectivity index (χ0) is 40.4. The van der Waals surface area contributed by atoms with Crippen LogP contribution in [0.5, 0.6) is 0 Å². The maximum atomic E-state index is 2.69. The standard InChI is InChI=1S/C55H56N2S2/c1-51(2)45-33-37(39-23-27-49-47(35-39)54(58-5)31-15-13-29-52(54,3)56(49)41-17-9-7-10-18-41)21-25-43(45)44-26-22-38(34-46(44)51)40-24-28-50-48(36-40)55(59-6)32-16-14-30-53(55,4)57(50)42-19-11-8-12-20-42/h7-12,17-28,33-36H,13-16,29-32H2,1-6H3. The van der Waals surface area contributed by atoms with E-state index in [9.17, 15) is 0 Å². The zero-order valence-electron chi connectivity index (χ0n) is 35.6. The highest BCUT2D eigenvalue weighted by molar-refractivity contribution is 7.99. The normalized spacial score (nSPS) is 27.1. The molecule has 4 unspecified atom stereocenters. The van der Waals surface area contributed by atoms with Gasteiger partial charge in [-0.05, 0) is 168 Å². The highest BCUT2D eigenvalue weighted by atomic mass is 32.2. The first-order valence-electron chi connectivity index (χ1n) is 22.0. The third kappa shape index (κ3) is 4.97. The maximum absolute atomic E-state index is 2.69. The molecule has 59 heavy (non-hydrogen) atoms. The van der Waals surface area contributed by atoms with Gasteiger partial charge >= 0.3 is 0 Å². The van der Waals surface area contributed by atoms with E-state index in [4.69, 9.17) is 0 Å². The summed E-state index contributed by atoms with van der Waals surface area (Å²) >= 11 is 4.17. The monoisotopic (exact) mass is 808 g/mol. The molecule has 0 bridgehead atoms. The van der Waals surface area contributed by atoms with Crippen molar-refractivity contribution in [3.63, 3.8) is 0 Å². The summed E-state index contributed by atoms with van der Waals surface area (Å²) in [6.45, 7) is 9.96. The van der Waals surface area contributed by atoms with Crippen LogP contribution in [0.4, 0.5) is 22.7 Å². The van der Waals surface area contributed by atoms with Crippen molar-refractivity contribution in [1.82, 2.24) is 0 Å². The molecular weight excluding hydrogens is 753 g/mol. The average molecular weight is 809 g/mol. The first kappa shape index (κ1) is 37.6. The predicted molar refractivity (Wildman–Crippen MR) is 256 cm³/mol. The van der Waals surface area contributed by atoms with Gasteiger partial charge in [0.15, 0.2) is 0 Å². The number of hydrogen-bond donors (Lipinski definition) is 0. The van der Waals surface area contributed by atoms with E-state index in [0.29, 0.717) is 0 Å². The van der Waals surface area contributed by atoms with Gasteiger partial charge in [0.2, 0.25) is 0 Å². The fraction of sp³-hybridized carbons (Fsp3) is 0.345. The van der Waals surface area contributed by atoms with Crippen LogP contribution in [0.15, 0.2) is 133 Å². The van der Waals surface area contributed by atoms with Crippen LogP contribution in [0, 0.1) is 0 Å². The first-order chi connectivity index (χ1) is 28.6. The molecule has 2 aliphatic heterocycles. The second-order valence-corrected chi connectivity index (χ2v) is 21.2. The smallest absolute Gasteiger partial charge is 0.0658 e. The summed E-state index contributed by atoms with van der Waals surface area (Å²) < 4.78 is 0.106. The molecular formula is C55H56N2S2. The van der Waals surface area contributed by atoms with Crippen LogP contribution < -0.4 is 9.80 Å². The van der Waals surface area contributed by atoms with Crippen molar-refractivity contribution in [3.05, 3.63) is 156 Å². The van der Waals surface area contributed by atoms with Crippen LogP contribution in [0.25, 0.3) is 33.4 Å². The molecule has 0 radical (unpaired) electrons. The van der Waals surface area contributed by atoms with Crippen LogP contribution in [-0.4, -0.2) is 23.6 Å². The van der Waals surface area contributed by atoms with E-state index in [1.54, 1.807) is 0 Å². The molecule has 0 saturated heterocycles. The van der Waals surface area contributed by atoms with Gasteiger partial charge in [-0.25, -0.2) is 0 Å². The van der Waals surface area contributed by atoms with E-state index in [0.717, 1.165) is 0 Å². The minimum Gasteiger partial charge on any atom is -0.334 e. The molecule has 2 heterocycles. The summed E-state index contributed by atoms with van der Waals surface area (Å²) in [6, 6.07) is 51.7. The number of nitrogens with zero attached hydrogens (tertiary/aromatic N) is 2. The van der Waals surface area contributed by atoms with Crippen molar-refractivity contribution in [3.8, 4) is 33.4 Å². The second-order valence-electron chi connectivity index (χ2n) is 19.0. The van der Waals surface area contributed by atoms with Gasteiger partial charge in [-0.2, -0.15) is 23.5 Å². The number of fused-ring (bicyclic) bond motifs is 9. The predicted octanol–water partition coefficient (Wildman–Crippen LogP) is 15.4. The van der Waals surface area contributed by atoms with E-state index in [1.165, 1.54) is 130 Å².